The zero-order chi connectivity index (χ0) is 18.9. The fourth-order valence-electron chi connectivity index (χ4n) is 2.18. The fraction of sp³-hybridized carbons (Fsp3) is 0.211. The number of nitrogens with one attached hydrogen (secondary N) is 3. The van der Waals surface area contributed by atoms with Crippen molar-refractivity contribution in [1.29, 1.82) is 0 Å². The zero-order valence-electron chi connectivity index (χ0n) is 14.6. The molecule has 0 aliphatic rings. The van der Waals surface area contributed by atoms with Crippen LogP contribution in [0.1, 0.15) is 17.3 Å². The van der Waals surface area contributed by atoms with Crippen LogP contribution in [-0.4, -0.2) is 37.4 Å². The monoisotopic (exact) mass is 355 g/mol. The van der Waals surface area contributed by atoms with Gasteiger partial charge in [0.25, 0.3) is 11.8 Å². The molecule has 1 atom stereocenters. The van der Waals surface area contributed by atoms with Crippen molar-refractivity contribution in [2.45, 2.75) is 13.0 Å². The second-order valence-electron chi connectivity index (χ2n) is 5.50. The van der Waals surface area contributed by atoms with E-state index in [0.717, 1.165) is 0 Å². The molecule has 0 saturated carbocycles. The van der Waals surface area contributed by atoms with Gasteiger partial charge in [-0.05, 0) is 31.2 Å². The lowest BCUT2D eigenvalue weighted by Gasteiger charge is -2.16. The van der Waals surface area contributed by atoms with Gasteiger partial charge in [0.05, 0.1) is 11.3 Å². The molecule has 26 heavy (non-hydrogen) atoms. The second-order valence-corrected chi connectivity index (χ2v) is 5.50. The van der Waals surface area contributed by atoms with Crippen LogP contribution in [0.2, 0.25) is 0 Å². The summed E-state index contributed by atoms with van der Waals surface area (Å²) in [6, 6.07) is 14.8. The number of hydrogen-bond acceptors (Lipinski definition) is 4. The number of carbonyl (C=O) groups is 3. The van der Waals surface area contributed by atoms with Gasteiger partial charge in [-0.25, -0.2) is 0 Å². The summed E-state index contributed by atoms with van der Waals surface area (Å²) in [5.74, 6) is -0.599. The largest absolute Gasteiger partial charge is 0.484 e. The summed E-state index contributed by atoms with van der Waals surface area (Å²) in [7, 11) is 1.51. The summed E-state index contributed by atoms with van der Waals surface area (Å²) in [5.41, 5.74) is 0.716. The van der Waals surface area contributed by atoms with Gasteiger partial charge in [-0.3, -0.25) is 14.4 Å². The van der Waals surface area contributed by atoms with E-state index >= 15 is 0 Å². The molecule has 0 aromatic heterocycles. The van der Waals surface area contributed by atoms with E-state index in [1.54, 1.807) is 55.5 Å². The topological polar surface area (TPSA) is 96.5 Å². The van der Waals surface area contributed by atoms with Gasteiger partial charge in [-0.1, -0.05) is 30.3 Å². The van der Waals surface area contributed by atoms with Crippen LogP contribution in [0, 0.1) is 0 Å². The molecule has 0 spiro atoms. The summed E-state index contributed by atoms with van der Waals surface area (Å²) in [6.45, 7) is 1.36. The molecule has 0 saturated heterocycles. The molecule has 136 valence electrons. The summed E-state index contributed by atoms with van der Waals surface area (Å²) < 4.78 is 5.34. The van der Waals surface area contributed by atoms with Crippen LogP contribution in [0.4, 0.5) is 5.69 Å². The summed E-state index contributed by atoms with van der Waals surface area (Å²) >= 11 is 0. The Hall–Kier alpha value is -3.35. The van der Waals surface area contributed by atoms with Crippen LogP contribution in [0.15, 0.2) is 54.6 Å². The van der Waals surface area contributed by atoms with Gasteiger partial charge in [-0.2, -0.15) is 0 Å². The van der Waals surface area contributed by atoms with E-state index in [9.17, 15) is 14.4 Å². The highest BCUT2D eigenvalue weighted by Crippen LogP contribution is 2.15. The van der Waals surface area contributed by atoms with Crippen LogP contribution in [0.25, 0.3) is 0 Å². The highest BCUT2D eigenvalue weighted by Gasteiger charge is 2.18. The Balaban J connectivity index is 1.89. The third-order valence-electron chi connectivity index (χ3n) is 3.54. The van der Waals surface area contributed by atoms with Gasteiger partial charge < -0.3 is 20.7 Å². The lowest BCUT2D eigenvalue weighted by atomic mass is 10.1. The Kier molecular flexibility index (Phi) is 6.73. The van der Waals surface area contributed by atoms with Gasteiger partial charge in [-0.15, -0.1) is 0 Å². The Bertz CT molecular complexity index is 777. The fourth-order valence-corrected chi connectivity index (χ4v) is 2.18. The van der Waals surface area contributed by atoms with Crippen molar-refractivity contribution < 1.29 is 19.1 Å². The number of rotatable bonds is 7. The van der Waals surface area contributed by atoms with E-state index in [2.05, 4.69) is 16.0 Å². The molecular weight excluding hydrogens is 334 g/mol. The van der Waals surface area contributed by atoms with E-state index in [4.69, 9.17) is 4.74 Å². The van der Waals surface area contributed by atoms with Crippen molar-refractivity contribution in [2.24, 2.45) is 0 Å². The first-order valence-electron chi connectivity index (χ1n) is 8.10. The molecule has 3 N–H and O–H groups in total. The van der Waals surface area contributed by atoms with Gasteiger partial charge in [0.1, 0.15) is 11.8 Å². The average Bonchev–Trinajstić information content (AvgIpc) is 2.67. The van der Waals surface area contributed by atoms with Crippen molar-refractivity contribution in [2.75, 3.05) is 19.0 Å². The first kappa shape index (κ1) is 19.0. The first-order valence-corrected chi connectivity index (χ1v) is 8.10. The van der Waals surface area contributed by atoms with Crippen molar-refractivity contribution >= 4 is 23.4 Å². The molecule has 0 aliphatic heterocycles. The highest BCUT2D eigenvalue weighted by molar-refractivity contribution is 6.05. The van der Waals surface area contributed by atoms with Crippen LogP contribution in [-0.2, 0) is 9.59 Å². The number of amides is 3. The summed E-state index contributed by atoms with van der Waals surface area (Å²) in [4.78, 5) is 36.0. The van der Waals surface area contributed by atoms with Crippen LogP contribution in [0.3, 0.4) is 0 Å². The lowest BCUT2D eigenvalue weighted by Crippen LogP contribution is -2.43. The van der Waals surface area contributed by atoms with Crippen molar-refractivity contribution in [1.82, 2.24) is 10.6 Å². The number of ether oxygens (including phenoxy) is 1. The van der Waals surface area contributed by atoms with Gasteiger partial charge in [0, 0.05) is 7.05 Å². The molecule has 2 rings (SSSR count). The van der Waals surface area contributed by atoms with Gasteiger partial charge in [0.2, 0.25) is 5.91 Å². The van der Waals surface area contributed by atoms with E-state index in [1.807, 2.05) is 6.07 Å². The maximum absolute atomic E-state index is 12.3. The molecule has 7 heteroatoms. The molecule has 0 bridgehead atoms. The normalized spacial score (nSPS) is 11.2. The second kappa shape index (κ2) is 9.22. The molecule has 2 aromatic carbocycles. The predicted molar refractivity (Wildman–Crippen MR) is 98.0 cm³/mol. The first-order chi connectivity index (χ1) is 12.5. The highest BCUT2D eigenvalue weighted by atomic mass is 16.5. The lowest BCUT2D eigenvalue weighted by molar-refractivity contribution is -0.127. The van der Waals surface area contributed by atoms with E-state index in [1.165, 1.54) is 7.05 Å². The molecule has 1 unspecified atom stereocenters. The van der Waals surface area contributed by atoms with Crippen molar-refractivity contribution in [3.05, 3.63) is 60.2 Å². The Morgan fingerprint density at radius 3 is 2.35 bits per heavy atom. The standard InChI is InChI=1S/C19H21N3O4/c1-13(21-17(23)12-26-14-8-4-3-5-9-14)18(24)22-16-11-7-6-10-15(16)19(25)20-2/h3-11,13H,12H2,1-2H3,(H,20,25)(H,21,23)(H,22,24). The number of carbonyl (C=O) groups excluding carboxylic acids is 3. The van der Waals surface area contributed by atoms with Crippen molar-refractivity contribution in [3.63, 3.8) is 0 Å². The number of hydrogen-bond donors (Lipinski definition) is 3. The summed E-state index contributed by atoms with van der Waals surface area (Å²) in [5, 5.41) is 7.72. The third kappa shape index (κ3) is 5.34. The SMILES string of the molecule is CNC(=O)c1ccccc1NC(=O)C(C)NC(=O)COc1ccccc1. The van der Waals surface area contributed by atoms with E-state index in [0.29, 0.717) is 17.0 Å². The van der Waals surface area contributed by atoms with Crippen LogP contribution >= 0.6 is 0 Å². The van der Waals surface area contributed by atoms with Crippen LogP contribution in [0.5, 0.6) is 5.75 Å². The third-order valence-corrected chi connectivity index (χ3v) is 3.54. The molecule has 0 radical (unpaired) electrons. The minimum Gasteiger partial charge on any atom is -0.484 e. The van der Waals surface area contributed by atoms with E-state index in [-0.39, 0.29) is 12.5 Å². The molecule has 2 aromatic rings. The maximum atomic E-state index is 12.3. The maximum Gasteiger partial charge on any atom is 0.258 e. The number of anilines is 1. The predicted octanol–water partition coefficient (Wildman–Crippen LogP) is 1.57. The Morgan fingerprint density at radius 1 is 1.00 bits per heavy atom. The van der Waals surface area contributed by atoms with Gasteiger partial charge in [0.15, 0.2) is 6.61 Å². The minimum absolute atomic E-state index is 0.198. The summed E-state index contributed by atoms with van der Waals surface area (Å²) in [6.07, 6.45) is 0. The van der Waals surface area contributed by atoms with Crippen LogP contribution < -0.4 is 20.7 Å². The van der Waals surface area contributed by atoms with E-state index < -0.39 is 17.9 Å². The molecule has 7 nitrogen and oxygen atoms in total. The van der Waals surface area contributed by atoms with Crippen molar-refractivity contribution in [3.8, 4) is 5.75 Å². The smallest absolute Gasteiger partial charge is 0.258 e. The molecule has 0 heterocycles. The molecule has 0 aliphatic carbocycles. The molecular formula is C19H21N3O4. The number of para-hydroxylation sites is 2. The quantitative estimate of drug-likeness (QED) is 0.702. The number of benzene rings is 2. The zero-order valence-corrected chi connectivity index (χ0v) is 14.6. The average molecular weight is 355 g/mol. The Labute approximate surface area is 151 Å². The Morgan fingerprint density at radius 2 is 1.65 bits per heavy atom. The minimum atomic E-state index is -0.792. The van der Waals surface area contributed by atoms with Gasteiger partial charge >= 0.3 is 0 Å². The molecule has 3 amide bonds. The molecule has 0 fully saturated rings.